The van der Waals surface area contributed by atoms with Crippen LogP contribution in [-0.2, 0) is 14.9 Å². The average Bonchev–Trinajstić information content (AvgIpc) is 2.24. The summed E-state index contributed by atoms with van der Waals surface area (Å²) in [6, 6.07) is 8.32. The molecule has 17 heavy (non-hydrogen) atoms. The summed E-state index contributed by atoms with van der Waals surface area (Å²) >= 11 is 0. The van der Waals surface area contributed by atoms with E-state index in [-0.39, 0.29) is 11.3 Å². The highest BCUT2D eigenvalue weighted by molar-refractivity contribution is 5.69. The molecule has 1 unspecified atom stereocenters. The molecule has 3 nitrogen and oxygen atoms in total. The van der Waals surface area contributed by atoms with Gasteiger partial charge in [-0.2, -0.15) is 0 Å². The predicted molar refractivity (Wildman–Crippen MR) is 65.1 cm³/mol. The molecule has 0 radical (unpaired) electrons. The first-order chi connectivity index (χ1) is 8.03. The Kier molecular flexibility index (Phi) is 3.20. The van der Waals surface area contributed by atoms with Gasteiger partial charge in [0.05, 0.1) is 19.1 Å². The van der Waals surface area contributed by atoms with Gasteiger partial charge in [-0.3, -0.25) is 4.79 Å². The molecule has 1 fully saturated rings. The van der Waals surface area contributed by atoms with Gasteiger partial charge in [-0.25, -0.2) is 0 Å². The zero-order chi connectivity index (χ0) is 12.5. The third-order valence-corrected chi connectivity index (χ3v) is 3.54. The maximum Gasteiger partial charge on any atom is 0.306 e. The number of aliphatic carboxylic acids is 1. The van der Waals surface area contributed by atoms with E-state index >= 15 is 0 Å². The number of carboxylic acid groups (broad SMARTS) is 1. The van der Waals surface area contributed by atoms with Gasteiger partial charge in [0, 0.05) is 5.41 Å². The van der Waals surface area contributed by atoms with Crippen molar-refractivity contribution in [2.45, 2.75) is 25.7 Å². The lowest BCUT2D eigenvalue weighted by Gasteiger charge is -2.43. The SMILES string of the molecule is Cc1ccc(C2(CC(C)C(=O)O)COC2)cc1. The van der Waals surface area contributed by atoms with Gasteiger partial charge >= 0.3 is 5.97 Å². The molecule has 0 bridgehead atoms. The summed E-state index contributed by atoms with van der Waals surface area (Å²) in [5, 5.41) is 9.02. The molecule has 0 saturated carbocycles. The molecule has 1 atom stereocenters. The second-order valence-electron chi connectivity index (χ2n) is 5.08. The molecule has 0 aliphatic carbocycles. The van der Waals surface area contributed by atoms with Crippen molar-refractivity contribution in [3.63, 3.8) is 0 Å². The standard InChI is InChI=1S/C14H18O3/c1-10-3-5-12(6-4-10)14(8-17-9-14)7-11(2)13(15)16/h3-6,11H,7-9H2,1-2H3,(H,15,16). The summed E-state index contributed by atoms with van der Waals surface area (Å²) in [5.74, 6) is -1.07. The van der Waals surface area contributed by atoms with Crippen LogP contribution < -0.4 is 0 Å². The van der Waals surface area contributed by atoms with E-state index in [0.29, 0.717) is 19.6 Å². The van der Waals surface area contributed by atoms with E-state index in [1.54, 1.807) is 6.92 Å². The van der Waals surface area contributed by atoms with Gasteiger partial charge in [-0.05, 0) is 18.9 Å². The van der Waals surface area contributed by atoms with Gasteiger partial charge in [-0.1, -0.05) is 36.8 Å². The van der Waals surface area contributed by atoms with Gasteiger partial charge in [-0.15, -0.1) is 0 Å². The number of hydrogen-bond donors (Lipinski definition) is 1. The lowest BCUT2D eigenvalue weighted by atomic mass is 9.72. The topological polar surface area (TPSA) is 46.5 Å². The lowest BCUT2D eigenvalue weighted by Crippen LogP contribution is -2.48. The Balaban J connectivity index is 2.19. The van der Waals surface area contributed by atoms with E-state index in [4.69, 9.17) is 9.84 Å². The minimum absolute atomic E-state index is 0.0918. The van der Waals surface area contributed by atoms with Crippen LogP contribution in [0.25, 0.3) is 0 Å². The van der Waals surface area contributed by atoms with Gasteiger partial charge in [0.25, 0.3) is 0 Å². The number of carboxylic acids is 1. The fourth-order valence-corrected chi connectivity index (χ4v) is 2.33. The van der Waals surface area contributed by atoms with Crippen LogP contribution >= 0.6 is 0 Å². The second-order valence-corrected chi connectivity index (χ2v) is 5.08. The summed E-state index contributed by atoms with van der Waals surface area (Å²) in [4.78, 5) is 11.0. The van der Waals surface area contributed by atoms with Crippen molar-refractivity contribution in [3.8, 4) is 0 Å². The van der Waals surface area contributed by atoms with E-state index in [0.717, 1.165) is 0 Å². The van der Waals surface area contributed by atoms with Crippen LogP contribution in [0.4, 0.5) is 0 Å². The van der Waals surface area contributed by atoms with Crippen molar-refractivity contribution in [2.75, 3.05) is 13.2 Å². The molecule has 0 aromatic heterocycles. The van der Waals surface area contributed by atoms with Crippen molar-refractivity contribution >= 4 is 5.97 Å². The van der Waals surface area contributed by atoms with Crippen LogP contribution in [0.1, 0.15) is 24.5 Å². The van der Waals surface area contributed by atoms with Gasteiger partial charge in [0.2, 0.25) is 0 Å². The second kappa shape index (κ2) is 4.49. The number of rotatable bonds is 4. The summed E-state index contributed by atoms with van der Waals surface area (Å²) in [6.45, 7) is 5.07. The Morgan fingerprint density at radius 1 is 1.41 bits per heavy atom. The average molecular weight is 234 g/mol. The Labute approximate surface area is 101 Å². The fraction of sp³-hybridized carbons (Fsp3) is 0.500. The summed E-state index contributed by atoms with van der Waals surface area (Å²) in [5.41, 5.74) is 2.32. The highest BCUT2D eigenvalue weighted by Gasteiger charge is 2.42. The molecule has 1 aliphatic heterocycles. The van der Waals surface area contributed by atoms with E-state index in [2.05, 4.69) is 24.3 Å². The van der Waals surface area contributed by atoms with E-state index in [1.807, 2.05) is 6.92 Å². The molecular weight excluding hydrogens is 216 g/mol. The lowest BCUT2D eigenvalue weighted by molar-refractivity contribution is -0.144. The highest BCUT2D eigenvalue weighted by Crippen LogP contribution is 2.38. The van der Waals surface area contributed by atoms with Crippen LogP contribution in [0.3, 0.4) is 0 Å². The molecule has 1 saturated heterocycles. The molecule has 0 spiro atoms. The first-order valence-corrected chi connectivity index (χ1v) is 5.91. The van der Waals surface area contributed by atoms with Crippen LogP contribution in [0.5, 0.6) is 0 Å². The zero-order valence-corrected chi connectivity index (χ0v) is 10.3. The minimum Gasteiger partial charge on any atom is -0.481 e. The summed E-state index contributed by atoms with van der Waals surface area (Å²) in [7, 11) is 0. The molecule has 92 valence electrons. The van der Waals surface area contributed by atoms with Crippen molar-refractivity contribution in [3.05, 3.63) is 35.4 Å². The van der Waals surface area contributed by atoms with Gasteiger partial charge < -0.3 is 9.84 Å². The Hall–Kier alpha value is -1.35. The number of hydrogen-bond acceptors (Lipinski definition) is 2. The maximum absolute atomic E-state index is 11.0. The molecule has 1 aliphatic rings. The van der Waals surface area contributed by atoms with Crippen molar-refractivity contribution in [1.29, 1.82) is 0 Å². The quantitative estimate of drug-likeness (QED) is 0.870. The van der Waals surface area contributed by atoms with Crippen LogP contribution in [0, 0.1) is 12.8 Å². The van der Waals surface area contributed by atoms with Crippen molar-refractivity contribution < 1.29 is 14.6 Å². The number of aryl methyl sites for hydroxylation is 1. The molecule has 1 N–H and O–H groups in total. The first-order valence-electron chi connectivity index (χ1n) is 5.91. The minimum atomic E-state index is -0.733. The van der Waals surface area contributed by atoms with Gasteiger partial charge in [0.1, 0.15) is 0 Å². The number of carbonyl (C=O) groups is 1. The predicted octanol–water partition coefficient (Wildman–Crippen LogP) is 2.37. The monoisotopic (exact) mass is 234 g/mol. The zero-order valence-electron chi connectivity index (χ0n) is 10.3. The van der Waals surface area contributed by atoms with Crippen LogP contribution in [0.15, 0.2) is 24.3 Å². The van der Waals surface area contributed by atoms with Crippen molar-refractivity contribution in [2.24, 2.45) is 5.92 Å². The molecule has 1 aromatic carbocycles. The largest absolute Gasteiger partial charge is 0.481 e. The molecule has 3 heteroatoms. The maximum atomic E-state index is 11.0. The molecular formula is C14H18O3. The van der Waals surface area contributed by atoms with Crippen molar-refractivity contribution in [1.82, 2.24) is 0 Å². The van der Waals surface area contributed by atoms with E-state index < -0.39 is 5.97 Å². The molecule has 1 heterocycles. The smallest absolute Gasteiger partial charge is 0.306 e. The van der Waals surface area contributed by atoms with E-state index in [1.165, 1.54) is 11.1 Å². The third-order valence-electron chi connectivity index (χ3n) is 3.54. The summed E-state index contributed by atoms with van der Waals surface area (Å²) in [6.07, 6.45) is 0.644. The molecule has 2 rings (SSSR count). The Morgan fingerprint density at radius 3 is 2.41 bits per heavy atom. The highest BCUT2D eigenvalue weighted by atomic mass is 16.5. The fourth-order valence-electron chi connectivity index (χ4n) is 2.33. The number of ether oxygens (including phenoxy) is 1. The van der Waals surface area contributed by atoms with Gasteiger partial charge in [0.15, 0.2) is 0 Å². The first kappa shape index (κ1) is 12.1. The molecule has 1 aromatic rings. The number of benzene rings is 1. The van der Waals surface area contributed by atoms with Crippen LogP contribution in [-0.4, -0.2) is 24.3 Å². The normalized spacial score (nSPS) is 19.4. The van der Waals surface area contributed by atoms with E-state index in [9.17, 15) is 4.79 Å². The summed E-state index contributed by atoms with van der Waals surface area (Å²) < 4.78 is 5.31. The van der Waals surface area contributed by atoms with Crippen LogP contribution in [0.2, 0.25) is 0 Å². The Bertz CT molecular complexity index is 404. The molecule has 0 amide bonds. The Morgan fingerprint density at radius 2 is 2.00 bits per heavy atom. The third kappa shape index (κ3) is 2.34.